The molecule has 1 heterocycles. The predicted octanol–water partition coefficient (Wildman–Crippen LogP) is 3.08. The number of hydrogen-bond donors (Lipinski definition) is 2. The lowest BCUT2D eigenvalue weighted by molar-refractivity contribution is -0.139. The minimum atomic E-state index is -0.715. The van der Waals surface area contributed by atoms with Crippen molar-refractivity contribution in [3.63, 3.8) is 0 Å². The SMILES string of the molecule is CC1=C(C(=O)OCCC#N)C(c2ccc(Cl)c(Cl)c2)NC(=O)N1. The lowest BCUT2D eigenvalue weighted by atomic mass is 9.95. The number of rotatable bonds is 4. The van der Waals surface area contributed by atoms with Crippen molar-refractivity contribution >= 4 is 35.2 Å². The minimum Gasteiger partial charge on any atom is -0.461 e. The molecule has 0 bridgehead atoms. The molecule has 0 aromatic heterocycles. The van der Waals surface area contributed by atoms with Crippen molar-refractivity contribution in [2.75, 3.05) is 6.61 Å². The minimum absolute atomic E-state index is 0.0197. The molecule has 6 nitrogen and oxygen atoms in total. The molecule has 0 saturated carbocycles. The van der Waals surface area contributed by atoms with Gasteiger partial charge in [0.05, 0.1) is 34.2 Å². The standard InChI is InChI=1S/C15H13Cl2N3O3/c1-8-12(14(21)23-6-2-5-18)13(20-15(22)19-8)9-3-4-10(16)11(17)7-9/h3-4,7,13H,2,6H2,1H3,(H2,19,20,22). The number of carbonyl (C=O) groups excluding carboxylic acids is 2. The maximum atomic E-state index is 12.3. The molecule has 0 saturated heterocycles. The van der Waals surface area contributed by atoms with Gasteiger partial charge in [0.2, 0.25) is 0 Å². The van der Waals surface area contributed by atoms with E-state index < -0.39 is 18.0 Å². The molecule has 1 aromatic carbocycles. The first-order valence-corrected chi connectivity index (χ1v) is 7.47. The molecular formula is C15H13Cl2N3O3. The summed E-state index contributed by atoms with van der Waals surface area (Å²) in [5.41, 5.74) is 1.23. The van der Waals surface area contributed by atoms with E-state index in [0.717, 1.165) is 0 Å². The summed E-state index contributed by atoms with van der Waals surface area (Å²) in [6, 6.07) is 5.57. The van der Waals surface area contributed by atoms with Gasteiger partial charge in [0.25, 0.3) is 0 Å². The second-order valence-corrected chi connectivity index (χ2v) is 5.60. The number of amides is 2. The highest BCUT2D eigenvalue weighted by Gasteiger charge is 2.32. The lowest BCUT2D eigenvalue weighted by Crippen LogP contribution is -2.45. The fraction of sp³-hybridized carbons (Fsp3) is 0.267. The number of ether oxygens (including phenoxy) is 1. The van der Waals surface area contributed by atoms with E-state index in [-0.39, 0.29) is 18.6 Å². The average Bonchev–Trinajstić information content (AvgIpc) is 2.49. The van der Waals surface area contributed by atoms with E-state index in [4.69, 9.17) is 33.2 Å². The summed E-state index contributed by atoms with van der Waals surface area (Å²) in [7, 11) is 0. The average molecular weight is 354 g/mol. The molecule has 8 heteroatoms. The Hall–Kier alpha value is -2.23. The van der Waals surface area contributed by atoms with Crippen LogP contribution in [0.1, 0.15) is 24.9 Å². The van der Waals surface area contributed by atoms with E-state index in [1.165, 1.54) is 0 Å². The van der Waals surface area contributed by atoms with Crippen LogP contribution in [0.2, 0.25) is 10.0 Å². The number of hydrogen-bond acceptors (Lipinski definition) is 4. The number of carbonyl (C=O) groups is 2. The Bertz CT molecular complexity index is 725. The number of benzene rings is 1. The molecule has 1 aliphatic heterocycles. The second kappa shape index (κ2) is 7.36. The summed E-state index contributed by atoms with van der Waals surface area (Å²) in [6.07, 6.45) is 0.0926. The van der Waals surface area contributed by atoms with Gasteiger partial charge in [-0.1, -0.05) is 29.3 Å². The van der Waals surface area contributed by atoms with Crippen molar-refractivity contribution in [1.82, 2.24) is 10.6 Å². The van der Waals surface area contributed by atoms with Gasteiger partial charge in [-0.2, -0.15) is 5.26 Å². The predicted molar refractivity (Wildman–Crippen MR) is 84.8 cm³/mol. The maximum absolute atomic E-state index is 12.3. The number of halogens is 2. The van der Waals surface area contributed by atoms with Crippen LogP contribution in [0.15, 0.2) is 29.5 Å². The van der Waals surface area contributed by atoms with Crippen molar-refractivity contribution in [2.24, 2.45) is 0 Å². The molecule has 23 heavy (non-hydrogen) atoms. The monoisotopic (exact) mass is 353 g/mol. The maximum Gasteiger partial charge on any atom is 0.338 e. The zero-order valence-corrected chi connectivity index (χ0v) is 13.7. The molecule has 0 aliphatic carbocycles. The molecule has 120 valence electrons. The smallest absolute Gasteiger partial charge is 0.338 e. The van der Waals surface area contributed by atoms with Crippen LogP contribution in [0.25, 0.3) is 0 Å². The number of urea groups is 1. The summed E-state index contributed by atoms with van der Waals surface area (Å²) in [6.45, 7) is 1.58. The van der Waals surface area contributed by atoms with E-state index in [0.29, 0.717) is 21.3 Å². The van der Waals surface area contributed by atoms with Crippen LogP contribution >= 0.6 is 23.2 Å². The van der Waals surface area contributed by atoms with Gasteiger partial charge in [-0.3, -0.25) is 0 Å². The third-order valence-electron chi connectivity index (χ3n) is 3.21. The van der Waals surface area contributed by atoms with Gasteiger partial charge in [0, 0.05) is 5.70 Å². The van der Waals surface area contributed by atoms with Crippen molar-refractivity contribution in [3.05, 3.63) is 45.1 Å². The Morgan fingerprint density at radius 2 is 2.13 bits per heavy atom. The van der Waals surface area contributed by atoms with Crippen LogP contribution in [-0.4, -0.2) is 18.6 Å². The summed E-state index contributed by atoms with van der Waals surface area (Å²) < 4.78 is 5.06. The van der Waals surface area contributed by atoms with Crippen molar-refractivity contribution < 1.29 is 14.3 Å². The van der Waals surface area contributed by atoms with Crippen LogP contribution in [-0.2, 0) is 9.53 Å². The summed E-state index contributed by atoms with van der Waals surface area (Å²) >= 11 is 11.9. The fourth-order valence-electron chi connectivity index (χ4n) is 2.17. The molecule has 0 fully saturated rings. The Kier molecular flexibility index (Phi) is 5.48. The Morgan fingerprint density at radius 1 is 1.39 bits per heavy atom. The van der Waals surface area contributed by atoms with Crippen LogP contribution in [0.3, 0.4) is 0 Å². The topological polar surface area (TPSA) is 91.2 Å². The molecule has 2 amide bonds. The third-order valence-corrected chi connectivity index (χ3v) is 3.95. The third kappa shape index (κ3) is 3.95. The zero-order chi connectivity index (χ0) is 17.0. The van der Waals surface area contributed by atoms with Gasteiger partial charge >= 0.3 is 12.0 Å². The fourth-order valence-corrected chi connectivity index (χ4v) is 2.48. The Labute approximate surface area is 143 Å². The van der Waals surface area contributed by atoms with E-state index in [1.54, 1.807) is 25.1 Å². The largest absolute Gasteiger partial charge is 0.461 e. The number of nitrogens with zero attached hydrogens (tertiary/aromatic N) is 1. The van der Waals surface area contributed by atoms with E-state index in [9.17, 15) is 9.59 Å². The van der Waals surface area contributed by atoms with Crippen molar-refractivity contribution in [3.8, 4) is 6.07 Å². The molecular weight excluding hydrogens is 341 g/mol. The summed E-state index contributed by atoms with van der Waals surface area (Å²) in [5.74, 6) is -0.610. The number of nitriles is 1. The van der Waals surface area contributed by atoms with E-state index >= 15 is 0 Å². The van der Waals surface area contributed by atoms with E-state index in [2.05, 4.69) is 10.6 Å². The van der Waals surface area contributed by atoms with Gasteiger partial charge in [-0.05, 0) is 24.6 Å². The highest BCUT2D eigenvalue weighted by atomic mass is 35.5. The quantitative estimate of drug-likeness (QED) is 0.642. The number of allylic oxidation sites excluding steroid dienone is 1. The number of nitrogens with one attached hydrogen (secondary N) is 2. The second-order valence-electron chi connectivity index (χ2n) is 4.79. The summed E-state index contributed by atoms with van der Waals surface area (Å²) in [5, 5.41) is 14.4. The molecule has 1 aliphatic rings. The van der Waals surface area contributed by atoms with Crippen LogP contribution in [0.5, 0.6) is 0 Å². The highest BCUT2D eigenvalue weighted by Crippen LogP contribution is 2.31. The zero-order valence-electron chi connectivity index (χ0n) is 12.2. The first-order valence-electron chi connectivity index (χ1n) is 6.71. The van der Waals surface area contributed by atoms with Crippen molar-refractivity contribution in [2.45, 2.75) is 19.4 Å². The Morgan fingerprint density at radius 3 is 2.78 bits per heavy atom. The van der Waals surface area contributed by atoms with Gasteiger partial charge in [-0.25, -0.2) is 9.59 Å². The molecule has 1 atom stereocenters. The van der Waals surface area contributed by atoms with Gasteiger partial charge in [0.1, 0.15) is 6.61 Å². The normalized spacial score (nSPS) is 17.1. The summed E-state index contributed by atoms with van der Waals surface area (Å²) in [4.78, 5) is 24.0. The van der Waals surface area contributed by atoms with Crippen LogP contribution in [0, 0.1) is 11.3 Å². The Balaban J connectivity index is 2.36. The molecule has 1 aromatic rings. The van der Waals surface area contributed by atoms with E-state index in [1.807, 2.05) is 6.07 Å². The molecule has 1 unspecified atom stereocenters. The van der Waals surface area contributed by atoms with Gasteiger partial charge in [-0.15, -0.1) is 0 Å². The van der Waals surface area contributed by atoms with Gasteiger partial charge in [0.15, 0.2) is 0 Å². The highest BCUT2D eigenvalue weighted by molar-refractivity contribution is 6.42. The molecule has 2 N–H and O–H groups in total. The van der Waals surface area contributed by atoms with Crippen LogP contribution in [0.4, 0.5) is 4.79 Å². The van der Waals surface area contributed by atoms with Gasteiger partial charge < -0.3 is 15.4 Å². The van der Waals surface area contributed by atoms with Crippen molar-refractivity contribution in [1.29, 1.82) is 5.26 Å². The molecule has 0 radical (unpaired) electrons. The lowest BCUT2D eigenvalue weighted by Gasteiger charge is -2.28. The first-order chi connectivity index (χ1) is 10.9. The molecule has 2 rings (SSSR count). The van der Waals surface area contributed by atoms with Crippen LogP contribution < -0.4 is 10.6 Å². The molecule has 0 spiro atoms. The number of esters is 1. The first kappa shape index (κ1) is 17.1.